The van der Waals surface area contributed by atoms with Crippen molar-refractivity contribution >= 4 is 11.9 Å². The van der Waals surface area contributed by atoms with E-state index in [1.54, 1.807) is 23.1 Å². The number of halogens is 3. The molecule has 0 aromatic carbocycles. The number of nitrogens with zero attached hydrogens (tertiary/aromatic N) is 6. The molecule has 1 aliphatic heterocycles. The predicted molar refractivity (Wildman–Crippen MR) is 108 cm³/mol. The summed E-state index contributed by atoms with van der Waals surface area (Å²) in [5.41, 5.74) is 1.99. The monoisotopic (exact) mass is 474 g/mol. The number of amides is 1. The number of ether oxygens (including phenoxy) is 1. The summed E-state index contributed by atoms with van der Waals surface area (Å²) in [7, 11) is 0. The van der Waals surface area contributed by atoms with Gasteiger partial charge in [-0.25, -0.2) is 9.78 Å². The molecule has 34 heavy (non-hydrogen) atoms. The molecule has 0 spiro atoms. The highest BCUT2D eigenvalue weighted by Crippen LogP contribution is 2.19. The van der Waals surface area contributed by atoms with E-state index in [-0.39, 0.29) is 12.0 Å². The number of hydrogen-bond acceptors (Lipinski definition) is 7. The second kappa shape index (κ2) is 10.4. The maximum atomic E-state index is 12.9. The molecule has 1 N–H and O–H groups in total. The Kier molecular flexibility index (Phi) is 7.42. The van der Waals surface area contributed by atoms with Gasteiger partial charge in [0.05, 0.1) is 43.2 Å². The third kappa shape index (κ3) is 6.28. The molecule has 4 heterocycles. The third-order valence-corrected chi connectivity index (χ3v) is 4.61. The van der Waals surface area contributed by atoms with Crippen molar-refractivity contribution in [1.29, 1.82) is 5.26 Å². The van der Waals surface area contributed by atoms with Crippen molar-refractivity contribution in [2.45, 2.75) is 25.4 Å². The molecule has 3 aromatic rings. The lowest BCUT2D eigenvalue weighted by molar-refractivity contribution is -0.192. The highest BCUT2D eigenvalue weighted by Gasteiger charge is 2.38. The SMILES string of the molecule is N#Cc1ccc(OC2CN(C(=O)c3ccnnc3)Cc3cccn3C2)nc1.O=C(O)C(F)(F)F. The van der Waals surface area contributed by atoms with Gasteiger partial charge in [0.25, 0.3) is 5.91 Å². The smallest absolute Gasteiger partial charge is 0.475 e. The minimum Gasteiger partial charge on any atom is -0.475 e. The molecule has 3 aromatic heterocycles. The number of carboxylic acid groups (broad SMARTS) is 1. The van der Waals surface area contributed by atoms with Gasteiger partial charge in [0.1, 0.15) is 12.2 Å². The van der Waals surface area contributed by atoms with Crippen LogP contribution in [0, 0.1) is 11.3 Å². The van der Waals surface area contributed by atoms with E-state index in [0.717, 1.165) is 5.69 Å². The van der Waals surface area contributed by atoms with Crippen LogP contribution in [-0.4, -0.2) is 60.5 Å². The van der Waals surface area contributed by atoms with E-state index in [1.807, 2.05) is 24.4 Å². The molecular weight excluding hydrogens is 457 g/mol. The number of rotatable bonds is 3. The van der Waals surface area contributed by atoms with Crippen LogP contribution in [0.15, 0.2) is 55.1 Å². The lowest BCUT2D eigenvalue weighted by Gasteiger charge is -2.24. The van der Waals surface area contributed by atoms with Crippen LogP contribution in [0.5, 0.6) is 5.88 Å². The van der Waals surface area contributed by atoms with E-state index >= 15 is 0 Å². The first-order valence-electron chi connectivity index (χ1n) is 9.70. The number of carbonyl (C=O) groups is 2. The first-order chi connectivity index (χ1) is 16.2. The Balaban J connectivity index is 0.000000406. The summed E-state index contributed by atoms with van der Waals surface area (Å²) >= 11 is 0. The summed E-state index contributed by atoms with van der Waals surface area (Å²) in [4.78, 5) is 27.7. The van der Waals surface area contributed by atoms with Gasteiger partial charge in [-0.1, -0.05) is 0 Å². The second-order valence-electron chi connectivity index (χ2n) is 7.01. The van der Waals surface area contributed by atoms with Crippen molar-refractivity contribution in [2.24, 2.45) is 0 Å². The molecule has 0 radical (unpaired) electrons. The largest absolute Gasteiger partial charge is 0.490 e. The van der Waals surface area contributed by atoms with Gasteiger partial charge < -0.3 is 19.3 Å². The fourth-order valence-corrected chi connectivity index (χ4v) is 3.07. The number of alkyl halides is 3. The zero-order valence-electron chi connectivity index (χ0n) is 17.4. The van der Waals surface area contributed by atoms with Crippen LogP contribution in [0.25, 0.3) is 0 Å². The Morgan fingerprint density at radius 1 is 1.15 bits per heavy atom. The molecule has 0 saturated heterocycles. The van der Waals surface area contributed by atoms with E-state index in [0.29, 0.717) is 36.6 Å². The third-order valence-electron chi connectivity index (χ3n) is 4.61. The van der Waals surface area contributed by atoms with Crippen LogP contribution in [-0.2, 0) is 17.9 Å². The molecule has 1 atom stereocenters. The molecule has 0 saturated carbocycles. The van der Waals surface area contributed by atoms with Gasteiger partial charge in [-0.3, -0.25) is 4.79 Å². The van der Waals surface area contributed by atoms with Gasteiger partial charge in [0.15, 0.2) is 0 Å². The highest BCUT2D eigenvalue weighted by molar-refractivity contribution is 5.93. The van der Waals surface area contributed by atoms with E-state index in [1.165, 1.54) is 18.6 Å². The van der Waals surface area contributed by atoms with Crippen LogP contribution in [0.4, 0.5) is 13.2 Å². The average Bonchev–Trinajstić information content (AvgIpc) is 3.17. The molecule has 4 rings (SSSR count). The maximum Gasteiger partial charge on any atom is 0.490 e. The first kappa shape index (κ1) is 24.2. The number of aliphatic carboxylic acids is 1. The fraction of sp³-hybridized carbons (Fsp3) is 0.238. The van der Waals surface area contributed by atoms with Crippen LogP contribution in [0.2, 0.25) is 0 Å². The number of carboxylic acids is 1. The Morgan fingerprint density at radius 3 is 2.50 bits per heavy atom. The zero-order chi connectivity index (χ0) is 24.7. The van der Waals surface area contributed by atoms with E-state index < -0.39 is 12.1 Å². The van der Waals surface area contributed by atoms with Gasteiger partial charge in [-0.05, 0) is 24.3 Å². The predicted octanol–water partition coefficient (Wildman–Crippen LogP) is 2.28. The van der Waals surface area contributed by atoms with Crippen molar-refractivity contribution in [3.8, 4) is 11.9 Å². The molecule has 1 amide bonds. The molecule has 13 heteroatoms. The van der Waals surface area contributed by atoms with Crippen molar-refractivity contribution in [3.05, 3.63) is 71.9 Å². The molecule has 10 nitrogen and oxygen atoms in total. The standard InChI is InChI=1S/C19H16N6O2.C2HF3O2/c20-8-14-3-4-18(21-9-14)27-17-12-24-7-1-2-16(24)11-25(13-17)19(26)15-5-6-22-23-10-15;3-2(4,5)1(6)7/h1-7,9-10,17H,11-13H2;(H,6,7). The van der Waals surface area contributed by atoms with Gasteiger partial charge >= 0.3 is 12.1 Å². The van der Waals surface area contributed by atoms with Gasteiger partial charge in [-0.15, -0.1) is 0 Å². The summed E-state index contributed by atoms with van der Waals surface area (Å²) in [6.45, 7) is 1.49. The lowest BCUT2D eigenvalue weighted by Crippen LogP contribution is -2.38. The molecule has 0 fully saturated rings. The van der Waals surface area contributed by atoms with Crippen molar-refractivity contribution in [2.75, 3.05) is 6.54 Å². The summed E-state index contributed by atoms with van der Waals surface area (Å²) in [5, 5.41) is 23.5. The Bertz CT molecular complexity index is 1180. The fourth-order valence-electron chi connectivity index (χ4n) is 3.07. The molecule has 176 valence electrons. The minimum absolute atomic E-state index is 0.124. The number of hydrogen-bond donors (Lipinski definition) is 1. The number of aromatic nitrogens is 4. The maximum absolute atomic E-state index is 12.9. The Labute approximate surface area is 190 Å². The second-order valence-corrected chi connectivity index (χ2v) is 7.01. The molecule has 0 aliphatic carbocycles. The number of nitriles is 1. The van der Waals surface area contributed by atoms with Gasteiger partial charge in [-0.2, -0.15) is 28.6 Å². The van der Waals surface area contributed by atoms with Crippen LogP contribution in [0.1, 0.15) is 21.6 Å². The van der Waals surface area contributed by atoms with Crippen molar-refractivity contribution in [1.82, 2.24) is 24.6 Å². The Morgan fingerprint density at radius 2 is 1.91 bits per heavy atom. The highest BCUT2D eigenvalue weighted by atomic mass is 19.4. The average molecular weight is 474 g/mol. The summed E-state index contributed by atoms with van der Waals surface area (Å²) < 4.78 is 39.8. The van der Waals surface area contributed by atoms with Crippen molar-refractivity contribution in [3.63, 3.8) is 0 Å². The van der Waals surface area contributed by atoms with Crippen LogP contribution < -0.4 is 4.74 Å². The van der Waals surface area contributed by atoms with Crippen LogP contribution >= 0.6 is 0 Å². The number of fused-ring (bicyclic) bond motifs is 1. The Hall–Kier alpha value is -4.47. The van der Waals surface area contributed by atoms with Crippen LogP contribution in [0.3, 0.4) is 0 Å². The first-order valence-corrected chi connectivity index (χ1v) is 9.70. The summed E-state index contributed by atoms with van der Waals surface area (Å²) in [6.07, 6.45) is 1.04. The van der Waals surface area contributed by atoms with Gasteiger partial charge in [0, 0.05) is 24.2 Å². The normalized spacial score (nSPS) is 15.1. The number of pyridine rings is 1. The summed E-state index contributed by atoms with van der Waals surface area (Å²) in [6, 6.07) is 11.0. The quantitative estimate of drug-likeness (QED) is 0.611. The molecule has 1 aliphatic rings. The summed E-state index contributed by atoms with van der Waals surface area (Å²) in [5.74, 6) is -2.46. The van der Waals surface area contributed by atoms with E-state index in [9.17, 15) is 18.0 Å². The molecular formula is C21H17F3N6O4. The molecule has 1 unspecified atom stereocenters. The minimum atomic E-state index is -5.08. The topological polar surface area (TPSA) is 134 Å². The van der Waals surface area contributed by atoms with Gasteiger partial charge in [0.2, 0.25) is 5.88 Å². The number of carbonyl (C=O) groups excluding carboxylic acids is 1. The molecule has 0 bridgehead atoms. The zero-order valence-corrected chi connectivity index (χ0v) is 17.4. The lowest BCUT2D eigenvalue weighted by atomic mass is 10.2. The van der Waals surface area contributed by atoms with Crippen molar-refractivity contribution < 1.29 is 32.6 Å². The van der Waals surface area contributed by atoms with E-state index in [2.05, 4.69) is 19.7 Å². The van der Waals surface area contributed by atoms with E-state index in [4.69, 9.17) is 19.9 Å².